The predicted molar refractivity (Wildman–Crippen MR) is 135 cm³/mol. The summed E-state index contributed by atoms with van der Waals surface area (Å²) in [4.78, 5) is 37.0. The zero-order valence-corrected chi connectivity index (χ0v) is 20.6. The van der Waals surface area contributed by atoms with E-state index in [2.05, 4.69) is 26.7 Å². The topological polar surface area (TPSA) is 87.2 Å². The minimum absolute atomic E-state index is 0.0317. The van der Waals surface area contributed by atoms with Gasteiger partial charge in [0, 0.05) is 49.0 Å². The van der Waals surface area contributed by atoms with Gasteiger partial charge in [-0.25, -0.2) is 4.98 Å². The number of carbonyl (C=O) groups is 2. The number of rotatable bonds is 8. The standard InChI is InChI=1S/C25H28ClN5O2S/c1-17(19-4-2-9-27-15-19)30-23-22(26)14-20(16-29-23)25(33)31-11-7-18(8-12-31)24(32)28-10-6-21-5-3-13-34-21/h2-5,9,13-18H,6-8,10-12H2,1H3,(H,28,32)(H,29,30). The second-order valence-corrected chi connectivity index (χ2v) is 9.83. The fourth-order valence-electron chi connectivity index (χ4n) is 4.02. The van der Waals surface area contributed by atoms with E-state index in [4.69, 9.17) is 11.6 Å². The Kier molecular flexibility index (Phi) is 8.13. The number of anilines is 1. The van der Waals surface area contributed by atoms with Gasteiger partial charge in [-0.3, -0.25) is 14.6 Å². The van der Waals surface area contributed by atoms with E-state index in [-0.39, 0.29) is 23.8 Å². The molecule has 3 aromatic heterocycles. The van der Waals surface area contributed by atoms with Crippen molar-refractivity contribution in [3.05, 3.63) is 75.3 Å². The minimum Gasteiger partial charge on any atom is -0.362 e. The highest BCUT2D eigenvalue weighted by molar-refractivity contribution is 7.09. The third kappa shape index (κ3) is 6.12. The molecular weight excluding hydrogens is 470 g/mol. The van der Waals surface area contributed by atoms with Crippen LogP contribution in [-0.2, 0) is 11.2 Å². The van der Waals surface area contributed by atoms with Gasteiger partial charge >= 0.3 is 0 Å². The van der Waals surface area contributed by atoms with Crippen molar-refractivity contribution in [2.75, 3.05) is 25.0 Å². The van der Waals surface area contributed by atoms with Crippen molar-refractivity contribution in [3.8, 4) is 0 Å². The van der Waals surface area contributed by atoms with E-state index in [9.17, 15) is 9.59 Å². The average Bonchev–Trinajstić information content (AvgIpc) is 3.39. The highest BCUT2D eigenvalue weighted by Crippen LogP contribution is 2.26. The number of thiophene rings is 1. The van der Waals surface area contributed by atoms with E-state index < -0.39 is 0 Å². The van der Waals surface area contributed by atoms with Crippen molar-refractivity contribution in [2.24, 2.45) is 5.92 Å². The van der Waals surface area contributed by atoms with E-state index in [1.165, 1.54) is 4.88 Å². The third-order valence-electron chi connectivity index (χ3n) is 6.03. The Bertz CT molecular complexity index is 1100. The molecule has 1 atom stereocenters. The molecule has 4 rings (SSSR count). The number of pyridine rings is 2. The Labute approximate surface area is 208 Å². The smallest absolute Gasteiger partial charge is 0.255 e. The SMILES string of the molecule is CC(Nc1ncc(C(=O)N2CCC(C(=O)NCCc3cccs3)CC2)cc1Cl)c1cccnc1. The molecule has 9 heteroatoms. The molecule has 4 heterocycles. The minimum atomic E-state index is -0.113. The molecule has 0 aliphatic carbocycles. The number of likely N-dealkylation sites (tertiary alicyclic amines) is 1. The van der Waals surface area contributed by atoms with Crippen LogP contribution in [0.4, 0.5) is 5.82 Å². The highest BCUT2D eigenvalue weighted by Gasteiger charge is 2.28. The van der Waals surface area contributed by atoms with Gasteiger partial charge in [-0.15, -0.1) is 11.3 Å². The van der Waals surface area contributed by atoms with E-state index in [1.54, 1.807) is 40.9 Å². The van der Waals surface area contributed by atoms with Crippen molar-refractivity contribution in [1.82, 2.24) is 20.2 Å². The van der Waals surface area contributed by atoms with Crippen LogP contribution in [0.5, 0.6) is 0 Å². The number of halogens is 1. The summed E-state index contributed by atoms with van der Waals surface area (Å²) in [6.07, 6.45) is 7.22. The maximum atomic E-state index is 13.0. The summed E-state index contributed by atoms with van der Waals surface area (Å²) in [6.45, 7) is 3.72. The van der Waals surface area contributed by atoms with Gasteiger partial charge in [0.15, 0.2) is 0 Å². The first-order valence-electron chi connectivity index (χ1n) is 11.4. The van der Waals surface area contributed by atoms with E-state index in [0.717, 1.165) is 12.0 Å². The van der Waals surface area contributed by atoms with Crippen molar-refractivity contribution in [1.29, 1.82) is 0 Å². The number of carbonyl (C=O) groups excluding carboxylic acids is 2. The summed E-state index contributed by atoms with van der Waals surface area (Å²) in [6, 6.07) is 9.57. The predicted octanol–water partition coefficient (Wildman–Crippen LogP) is 4.58. The summed E-state index contributed by atoms with van der Waals surface area (Å²) in [5.74, 6) is 0.423. The number of amides is 2. The van der Waals surface area contributed by atoms with Crippen molar-refractivity contribution in [2.45, 2.75) is 32.2 Å². The molecule has 0 bridgehead atoms. The fraction of sp³-hybridized carbons (Fsp3) is 0.360. The van der Waals surface area contributed by atoms with E-state index in [0.29, 0.717) is 48.9 Å². The molecule has 1 aliphatic heterocycles. The molecule has 0 saturated carbocycles. The first kappa shape index (κ1) is 24.2. The molecule has 0 radical (unpaired) electrons. The number of nitrogens with one attached hydrogen (secondary N) is 2. The maximum absolute atomic E-state index is 13.0. The molecular formula is C25H28ClN5O2S. The number of hydrogen-bond acceptors (Lipinski definition) is 6. The first-order chi connectivity index (χ1) is 16.5. The lowest BCUT2D eigenvalue weighted by molar-refractivity contribution is -0.126. The molecule has 1 fully saturated rings. The summed E-state index contributed by atoms with van der Waals surface area (Å²) < 4.78 is 0. The van der Waals surface area contributed by atoms with Crippen LogP contribution < -0.4 is 10.6 Å². The molecule has 2 amide bonds. The number of hydrogen-bond donors (Lipinski definition) is 2. The van der Waals surface area contributed by atoms with Gasteiger partial charge in [-0.2, -0.15) is 0 Å². The van der Waals surface area contributed by atoms with Crippen molar-refractivity contribution < 1.29 is 9.59 Å². The average molecular weight is 498 g/mol. The van der Waals surface area contributed by atoms with Gasteiger partial charge in [0.2, 0.25) is 5.91 Å². The van der Waals surface area contributed by atoms with Crippen LogP contribution in [0.15, 0.2) is 54.3 Å². The molecule has 1 unspecified atom stereocenters. The van der Waals surface area contributed by atoms with Crippen molar-refractivity contribution in [3.63, 3.8) is 0 Å². The molecule has 3 aromatic rings. The van der Waals surface area contributed by atoms with Gasteiger partial charge in [0.05, 0.1) is 16.6 Å². The summed E-state index contributed by atoms with van der Waals surface area (Å²) >= 11 is 8.13. The largest absolute Gasteiger partial charge is 0.362 e. The highest BCUT2D eigenvalue weighted by atomic mass is 35.5. The molecule has 0 aromatic carbocycles. The Morgan fingerprint density at radius 1 is 1.24 bits per heavy atom. The van der Waals surface area contributed by atoms with Crippen LogP contribution in [0.3, 0.4) is 0 Å². The zero-order valence-electron chi connectivity index (χ0n) is 19.0. The first-order valence-corrected chi connectivity index (χ1v) is 12.7. The van der Waals surface area contributed by atoms with Crippen LogP contribution in [0.1, 0.15) is 46.6 Å². The van der Waals surface area contributed by atoms with Gasteiger partial charge in [-0.1, -0.05) is 23.7 Å². The zero-order chi connectivity index (χ0) is 23.9. The Balaban J connectivity index is 1.27. The lowest BCUT2D eigenvalue weighted by atomic mass is 9.95. The van der Waals surface area contributed by atoms with Crippen LogP contribution in [-0.4, -0.2) is 46.3 Å². The second kappa shape index (κ2) is 11.4. The lowest BCUT2D eigenvalue weighted by Gasteiger charge is -2.31. The van der Waals surface area contributed by atoms with E-state index in [1.807, 2.05) is 30.5 Å². The van der Waals surface area contributed by atoms with Gasteiger partial charge in [0.25, 0.3) is 5.91 Å². The number of piperidine rings is 1. The molecule has 0 spiro atoms. The van der Waals surface area contributed by atoms with Crippen LogP contribution in [0.25, 0.3) is 0 Å². The van der Waals surface area contributed by atoms with Gasteiger partial charge < -0.3 is 15.5 Å². The normalized spacial score (nSPS) is 15.1. The Morgan fingerprint density at radius 3 is 2.74 bits per heavy atom. The molecule has 2 N–H and O–H groups in total. The van der Waals surface area contributed by atoms with Crippen LogP contribution in [0.2, 0.25) is 5.02 Å². The van der Waals surface area contributed by atoms with Gasteiger partial charge in [0.1, 0.15) is 5.82 Å². The maximum Gasteiger partial charge on any atom is 0.255 e. The van der Waals surface area contributed by atoms with E-state index >= 15 is 0 Å². The fourth-order valence-corrected chi connectivity index (χ4v) is 4.95. The molecule has 1 aliphatic rings. The number of aromatic nitrogens is 2. The van der Waals surface area contributed by atoms with Crippen LogP contribution >= 0.6 is 22.9 Å². The summed E-state index contributed by atoms with van der Waals surface area (Å²) in [5.41, 5.74) is 1.46. The molecule has 1 saturated heterocycles. The lowest BCUT2D eigenvalue weighted by Crippen LogP contribution is -2.43. The van der Waals surface area contributed by atoms with Crippen LogP contribution in [0, 0.1) is 5.92 Å². The number of nitrogens with zero attached hydrogens (tertiary/aromatic N) is 3. The quantitative estimate of drug-likeness (QED) is 0.476. The van der Waals surface area contributed by atoms with Crippen molar-refractivity contribution >= 4 is 40.6 Å². The Morgan fingerprint density at radius 2 is 2.06 bits per heavy atom. The Hall–Kier alpha value is -2.97. The van der Waals surface area contributed by atoms with Gasteiger partial charge in [-0.05, 0) is 55.3 Å². The monoisotopic (exact) mass is 497 g/mol. The third-order valence-corrected chi connectivity index (χ3v) is 7.25. The molecule has 34 heavy (non-hydrogen) atoms. The second-order valence-electron chi connectivity index (χ2n) is 8.39. The summed E-state index contributed by atoms with van der Waals surface area (Å²) in [5, 5.41) is 8.73. The molecule has 178 valence electrons. The molecule has 7 nitrogen and oxygen atoms in total. The summed E-state index contributed by atoms with van der Waals surface area (Å²) in [7, 11) is 0.